The summed E-state index contributed by atoms with van der Waals surface area (Å²) < 4.78 is 0. The zero-order valence-corrected chi connectivity index (χ0v) is 27.3. The molecule has 0 unspecified atom stereocenters. The SMILES string of the molecule is c1ccc([Si](c2ccccc2)(c2ccccc2)[C@@H]2CCCC[C@H]2[Si](c2ccccc2)(c2ccccc2)c2ccccc2)cc1. The maximum atomic E-state index is 2.45. The molecule has 0 saturated heterocycles. The van der Waals surface area contributed by atoms with Gasteiger partial charge in [-0.3, -0.25) is 0 Å². The molecule has 0 heterocycles. The van der Waals surface area contributed by atoms with E-state index in [1.807, 2.05) is 0 Å². The summed E-state index contributed by atoms with van der Waals surface area (Å²) in [6, 6.07) is 69.9. The van der Waals surface area contributed by atoms with Crippen molar-refractivity contribution in [2.24, 2.45) is 0 Å². The van der Waals surface area contributed by atoms with E-state index in [9.17, 15) is 0 Å². The van der Waals surface area contributed by atoms with Crippen LogP contribution >= 0.6 is 0 Å². The third kappa shape index (κ3) is 4.83. The van der Waals surface area contributed by atoms with Crippen LogP contribution in [0.15, 0.2) is 182 Å². The van der Waals surface area contributed by atoms with Crippen molar-refractivity contribution in [3.05, 3.63) is 182 Å². The summed E-state index contributed by atoms with van der Waals surface area (Å²) in [5, 5.41) is 9.20. The van der Waals surface area contributed by atoms with Crippen LogP contribution < -0.4 is 31.1 Å². The van der Waals surface area contributed by atoms with Crippen LogP contribution in [0.4, 0.5) is 0 Å². The van der Waals surface area contributed by atoms with Crippen LogP contribution in [0.1, 0.15) is 25.7 Å². The molecule has 1 saturated carbocycles. The van der Waals surface area contributed by atoms with Crippen molar-refractivity contribution < 1.29 is 0 Å². The Labute approximate surface area is 265 Å². The van der Waals surface area contributed by atoms with Gasteiger partial charge >= 0.3 is 0 Å². The van der Waals surface area contributed by atoms with Gasteiger partial charge in [-0.1, -0.05) is 208 Å². The summed E-state index contributed by atoms with van der Waals surface area (Å²) in [7, 11) is -5.12. The standard InChI is InChI=1S/C42H40Si2/c1-7-21-35(22-8-1)43(36-23-9-2-10-24-36,37-25-11-3-12-26-37)41-33-19-20-34-42(41)44(38-27-13-4-14-28-38,39-29-15-5-16-30-39)40-31-17-6-18-32-40/h1-18,21-32,41-42H,19-20,33-34H2/t41-,42-/m1/s1. The third-order valence-corrected chi connectivity index (χ3v) is 21.7. The molecule has 1 aliphatic carbocycles. The van der Waals surface area contributed by atoms with E-state index in [0.717, 1.165) is 0 Å². The molecule has 0 bridgehead atoms. The molecule has 6 aromatic carbocycles. The van der Waals surface area contributed by atoms with Crippen molar-refractivity contribution in [3.63, 3.8) is 0 Å². The Kier molecular flexibility index (Phi) is 8.28. The molecular formula is C42H40Si2. The normalized spacial score (nSPS) is 17.2. The fraction of sp³-hybridized carbons (Fsp3) is 0.143. The number of hydrogen-bond donors (Lipinski definition) is 0. The smallest absolute Gasteiger partial charge is 0.0624 e. The maximum absolute atomic E-state index is 2.56. The summed E-state index contributed by atoms with van der Waals surface area (Å²) in [6.45, 7) is 0. The van der Waals surface area contributed by atoms with E-state index in [1.165, 1.54) is 56.8 Å². The zero-order valence-electron chi connectivity index (χ0n) is 25.3. The molecule has 0 aromatic heterocycles. The van der Waals surface area contributed by atoms with Crippen LogP contribution in [0.2, 0.25) is 11.1 Å². The van der Waals surface area contributed by atoms with Gasteiger partial charge in [0.25, 0.3) is 0 Å². The van der Waals surface area contributed by atoms with Gasteiger partial charge in [-0.05, 0) is 42.2 Å². The average molecular weight is 601 g/mol. The van der Waals surface area contributed by atoms with Gasteiger partial charge in [0.05, 0.1) is 0 Å². The van der Waals surface area contributed by atoms with E-state index in [2.05, 4.69) is 182 Å². The minimum absolute atomic E-state index is 0.524. The van der Waals surface area contributed by atoms with Crippen LogP contribution in [-0.2, 0) is 0 Å². The molecule has 1 aliphatic rings. The van der Waals surface area contributed by atoms with Gasteiger partial charge in [-0.2, -0.15) is 0 Å². The lowest BCUT2D eigenvalue weighted by Crippen LogP contribution is -2.76. The summed E-state index contributed by atoms with van der Waals surface area (Å²) in [6.07, 6.45) is 5.06. The first kappa shape index (κ1) is 28.5. The van der Waals surface area contributed by atoms with E-state index in [1.54, 1.807) is 0 Å². The lowest BCUT2D eigenvalue weighted by atomic mass is 9.99. The second-order valence-corrected chi connectivity index (χ2v) is 20.5. The van der Waals surface area contributed by atoms with Crippen molar-refractivity contribution >= 4 is 47.3 Å². The van der Waals surface area contributed by atoms with Crippen LogP contribution in [0.3, 0.4) is 0 Å². The van der Waals surface area contributed by atoms with Gasteiger partial charge in [0, 0.05) is 0 Å². The molecule has 0 N–H and O–H groups in total. The fourth-order valence-electron chi connectivity index (χ4n) is 8.66. The maximum Gasteiger partial charge on any atom is 0.151 e. The molecule has 2 heteroatoms. The summed E-state index contributed by atoms with van der Waals surface area (Å²) >= 11 is 0. The van der Waals surface area contributed by atoms with Gasteiger partial charge in [-0.15, -0.1) is 0 Å². The van der Waals surface area contributed by atoms with E-state index in [0.29, 0.717) is 11.1 Å². The Balaban J connectivity index is 1.61. The van der Waals surface area contributed by atoms with Crippen LogP contribution in [-0.4, -0.2) is 16.1 Å². The minimum atomic E-state index is -2.56. The van der Waals surface area contributed by atoms with Gasteiger partial charge in [-0.25, -0.2) is 0 Å². The first-order chi connectivity index (χ1) is 21.9. The Hall–Kier alpha value is -4.25. The third-order valence-electron chi connectivity index (χ3n) is 10.3. The van der Waals surface area contributed by atoms with Crippen molar-refractivity contribution in [1.29, 1.82) is 0 Å². The molecule has 0 nitrogen and oxygen atoms in total. The lowest BCUT2D eigenvalue weighted by molar-refractivity contribution is 0.489. The second-order valence-electron chi connectivity index (χ2n) is 12.3. The van der Waals surface area contributed by atoms with Crippen molar-refractivity contribution in [2.75, 3.05) is 0 Å². The van der Waals surface area contributed by atoms with Crippen LogP contribution in [0.25, 0.3) is 0 Å². The molecule has 0 spiro atoms. The number of benzene rings is 6. The Morgan fingerprint density at radius 1 is 0.273 bits per heavy atom. The molecule has 6 aromatic rings. The van der Waals surface area contributed by atoms with Crippen molar-refractivity contribution in [2.45, 2.75) is 36.8 Å². The molecule has 0 radical (unpaired) electrons. The van der Waals surface area contributed by atoms with Crippen molar-refractivity contribution in [3.8, 4) is 0 Å². The molecule has 44 heavy (non-hydrogen) atoms. The highest BCUT2D eigenvalue weighted by molar-refractivity contribution is 7.17. The van der Waals surface area contributed by atoms with E-state index in [-0.39, 0.29) is 0 Å². The highest BCUT2D eigenvalue weighted by Crippen LogP contribution is 2.50. The largest absolute Gasteiger partial charge is 0.151 e. The molecule has 7 rings (SSSR count). The van der Waals surface area contributed by atoms with Gasteiger partial charge in [0.2, 0.25) is 0 Å². The fourth-order valence-corrected chi connectivity index (χ4v) is 21.9. The summed E-state index contributed by atoms with van der Waals surface area (Å²) in [5.41, 5.74) is 1.05. The first-order valence-electron chi connectivity index (χ1n) is 16.2. The molecule has 0 aliphatic heterocycles. The zero-order chi connectivity index (χ0) is 29.7. The number of hydrogen-bond acceptors (Lipinski definition) is 0. The second kappa shape index (κ2) is 12.8. The Morgan fingerprint density at radius 2 is 0.455 bits per heavy atom. The predicted octanol–water partition coefficient (Wildman–Crippen LogP) is 6.64. The lowest BCUT2D eigenvalue weighted by Gasteiger charge is -2.53. The van der Waals surface area contributed by atoms with Gasteiger partial charge in [0.1, 0.15) is 0 Å². The number of rotatable bonds is 8. The summed E-state index contributed by atoms with van der Waals surface area (Å²) in [5.74, 6) is 0. The summed E-state index contributed by atoms with van der Waals surface area (Å²) in [4.78, 5) is 0. The molecule has 2 atom stereocenters. The van der Waals surface area contributed by atoms with Gasteiger partial charge < -0.3 is 0 Å². The van der Waals surface area contributed by atoms with Crippen molar-refractivity contribution in [1.82, 2.24) is 0 Å². The highest BCUT2D eigenvalue weighted by Gasteiger charge is 2.57. The topological polar surface area (TPSA) is 0 Å². The average Bonchev–Trinajstić information content (AvgIpc) is 3.12. The molecule has 0 amide bonds. The van der Waals surface area contributed by atoms with Crippen LogP contribution in [0.5, 0.6) is 0 Å². The Bertz CT molecular complexity index is 1410. The molecular weight excluding hydrogens is 561 g/mol. The Morgan fingerprint density at radius 3 is 0.636 bits per heavy atom. The van der Waals surface area contributed by atoms with Gasteiger partial charge in [0.15, 0.2) is 16.1 Å². The van der Waals surface area contributed by atoms with Crippen LogP contribution in [0, 0.1) is 0 Å². The monoisotopic (exact) mass is 600 g/mol. The first-order valence-corrected chi connectivity index (χ1v) is 20.3. The quantitative estimate of drug-likeness (QED) is 0.136. The van der Waals surface area contributed by atoms with E-state index < -0.39 is 16.1 Å². The van der Waals surface area contributed by atoms with E-state index >= 15 is 0 Å². The van der Waals surface area contributed by atoms with E-state index in [4.69, 9.17) is 0 Å². The predicted molar refractivity (Wildman–Crippen MR) is 194 cm³/mol. The molecule has 1 fully saturated rings. The molecule has 216 valence electrons. The highest BCUT2D eigenvalue weighted by atomic mass is 28.3. The minimum Gasteiger partial charge on any atom is -0.0624 e.